The van der Waals surface area contributed by atoms with Crippen molar-refractivity contribution in [3.63, 3.8) is 0 Å². The van der Waals surface area contributed by atoms with Gasteiger partial charge in [0.1, 0.15) is 5.60 Å². The molecular formula is C19H34O3. The molecule has 1 aliphatic carbocycles. The molecule has 2 rings (SSSR count). The van der Waals surface area contributed by atoms with Crippen LogP contribution in [0.4, 0.5) is 0 Å². The molecule has 2 fully saturated rings. The molecule has 0 aromatic rings. The largest absolute Gasteiger partial charge is 0.393 e. The van der Waals surface area contributed by atoms with E-state index in [-0.39, 0.29) is 12.2 Å². The maximum Gasteiger partial charge on any atom is 0.114 e. The van der Waals surface area contributed by atoms with Crippen molar-refractivity contribution in [3.05, 3.63) is 12.7 Å². The zero-order valence-corrected chi connectivity index (χ0v) is 14.6. The molecule has 1 saturated carbocycles. The minimum absolute atomic E-state index is 0.0546. The van der Waals surface area contributed by atoms with Crippen LogP contribution in [0.25, 0.3) is 0 Å². The highest BCUT2D eigenvalue weighted by Crippen LogP contribution is 2.46. The Kier molecular flexibility index (Phi) is 6.09. The highest BCUT2D eigenvalue weighted by atomic mass is 16.6. The van der Waals surface area contributed by atoms with Crippen LogP contribution in [0, 0.1) is 17.8 Å². The summed E-state index contributed by atoms with van der Waals surface area (Å²) in [5.74, 6) is 1.84. The molecule has 4 atom stereocenters. The second-order valence-electron chi connectivity index (χ2n) is 7.88. The first kappa shape index (κ1) is 18.0. The third-order valence-corrected chi connectivity index (χ3v) is 5.73. The van der Waals surface area contributed by atoms with Crippen molar-refractivity contribution in [2.24, 2.45) is 17.8 Å². The van der Waals surface area contributed by atoms with Crippen molar-refractivity contribution in [2.75, 3.05) is 19.8 Å². The van der Waals surface area contributed by atoms with E-state index in [1.54, 1.807) is 0 Å². The summed E-state index contributed by atoms with van der Waals surface area (Å²) >= 11 is 0. The average Bonchev–Trinajstić information content (AvgIpc) is 2.95. The Labute approximate surface area is 136 Å². The Morgan fingerprint density at radius 1 is 1.41 bits per heavy atom. The van der Waals surface area contributed by atoms with Gasteiger partial charge in [0.15, 0.2) is 0 Å². The van der Waals surface area contributed by atoms with E-state index in [1.165, 1.54) is 12.8 Å². The molecule has 1 saturated heterocycles. The quantitative estimate of drug-likeness (QED) is 0.724. The van der Waals surface area contributed by atoms with E-state index in [9.17, 15) is 5.11 Å². The van der Waals surface area contributed by atoms with Gasteiger partial charge in [0.2, 0.25) is 0 Å². The lowest BCUT2D eigenvalue weighted by atomic mass is 9.65. The van der Waals surface area contributed by atoms with Crippen LogP contribution in [0.2, 0.25) is 0 Å². The van der Waals surface area contributed by atoms with Crippen molar-refractivity contribution in [2.45, 2.75) is 70.5 Å². The molecule has 2 aliphatic rings. The number of hydrogen-bond acceptors (Lipinski definition) is 3. The van der Waals surface area contributed by atoms with Crippen LogP contribution in [-0.4, -0.2) is 36.1 Å². The molecular weight excluding hydrogens is 276 g/mol. The molecule has 0 amide bonds. The maximum atomic E-state index is 9.76. The molecule has 1 aliphatic heterocycles. The van der Waals surface area contributed by atoms with E-state index in [0.29, 0.717) is 24.4 Å². The first-order chi connectivity index (χ1) is 10.5. The highest BCUT2D eigenvalue weighted by molar-refractivity contribution is 5.00. The van der Waals surface area contributed by atoms with E-state index in [2.05, 4.69) is 27.4 Å². The number of hydrogen-bond donors (Lipinski definition) is 1. The fourth-order valence-electron chi connectivity index (χ4n) is 4.53. The third kappa shape index (κ3) is 3.74. The third-order valence-electron chi connectivity index (χ3n) is 5.73. The number of ether oxygens (including phenoxy) is 2. The van der Waals surface area contributed by atoms with Crippen LogP contribution in [0.5, 0.6) is 0 Å². The summed E-state index contributed by atoms with van der Waals surface area (Å²) in [6.45, 7) is 12.2. The lowest BCUT2D eigenvalue weighted by molar-refractivity contribution is -0.181. The van der Waals surface area contributed by atoms with Crippen molar-refractivity contribution in [3.8, 4) is 0 Å². The fourth-order valence-corrected chi connectivity index (χ4v) is 4.53. The normalized spacial score (nSPS) is 39.3. The predicted octanol–water partition coefficient (Wildman–Crippen LogP) is 3.95. The number of aliphatic hydroxyl groups excluding tert-OH is 1. The first-order valence-electron chi connectivity index (χ1n) is 8.96. The summed E-state index contributed by atoms with van der Waals surface area (Å²) in [7, 11) is 0. The molecule has 1 N–H and O–H groups in total. The highest BCUT2D eigenvalue weighted by Gasteiger charge is 2.46. The summed E-state index contributed by atoms with van der Waals surface area (Å²) in [6.07, 6.45) is 8.41. The van der Waals surface area contributed by atoms with Crippen LogP contribution < -0.4 is 0 Å². The molecule has 128 valence electrons. The molecule has 0 bridgehead atoms. The van der Waals surface area contributed by atoms with E-state index >= 15 is 0 Å². The van der Waals surface area contributed by atoms with Crippen molar-refractivity contribution < 1.29 is 14.6 Å². The van der Waals surface area contributed by atoms with E-state index in [0.717, 1.165) is 32.3 Å². The van der Waals surface area contributed by atoms with E-state index in [1.807, 2.05) is 6.08 Å². The van der Waals surface area contributed by atoms with Crippen LogP contribution in [0.1, 0.15) is 59.3 Å². The van der Waals surface area contributed by atoms with Crippen molar-refractivity contribution in [1.82, 2.24) is 0 Å². The monoisotopic (exact) mass is 310 g/mol. The summed E-state index contributed by atoms with van der Waals surface area (Å²) in [5.41, 5.74) is -0.613. The SMILES string of the molecule is C=CC[C@]1(OC[C@]2(CO)CCCO2)C[C@H](C)CC[C@H]1C(C)C. The van der Waals surface area contributed by atoms with Gasteiger partial charge in [0, 0.05) is 6.61 Å². The minimum atomic E-state index is -0.476. The maximum absolute atomic E-state index is 9.76. The predicted molar refractivity (Wildman–Crippen MR) is 89.8 cm³/mol. The number of aliphatic hydroxyl groups is 1. The zero-order chi connectivity index (χ0) is 16.2. The van der Waals surface area contributed by atoms with Gasteiger partial charge >= 0.3 is 0 Å². The standard InChI is InChI=1S/C19H34O3/c1-5-9-19(12-16(4)7-8-17(19)15(2)3)22-14-18(13-20)10-6-11-21-18/h5,15-17,20H,1,6-14H2,2-4H3/t16-,17+,18-,19+/m1/s1. The molecule has 3 heteroatoms. The summed E-state index contributed by atoms with van der Waals surface area (Å²) in [5, 5.41) is 9.76. The van der Waals surface area contributed by atoms with Crippen LogP contribution in [0.15, 0.2) is 12.7 Å². The van der Waals surface area contributed by atoms with Crippen molar-refractivity contribution in [1.29, 1.82) is 0 Å². The van der Waals surface area contributed by atoms with Gasteiger partial charge in [-0.05, 0) is 49.9 Å². The molecule has 0 aromatic heterocycles. The van der Waals surface area contributed by atoms with Crippen LogP contribution >= 0.6 is 0 Å². The Bertz CT molecular complexity index is 360. The van der Waals surface area contributed by atoms with Gasteiger partial charge in [-0.1, -0.05) is 33.3 Å². The summed E-state index contributed by atoms with van der Waals surface area (Å²) in [6, 6.07) is 0. The Morgan fingerprint density at radius 2 is 2.18 bits per heavy atom. The smallest absolute Gasteiger partial charge is 0.114 e. The second kappa shape index (κ2) is 7.46. The van der Waals surface area contributed by atoms with Gasteiger partial charge in [-0.15, -0.1) is 6.58 Å². The minimum Gasteiger partial charge on any atom is -0.393 e. The number of rotatable bonds is 7. The van der Waals surface area contributed by atoms with Gasteiger partial charge < -0.3 is 14.6 Å². The van der Waals surface area contributed by atoms with Crippen LogP contribution in [0.3, 0.4) is 0 Å². The summed E-state index contributed by atoms with van der Waals surface area (Å²) < 4.78 is 12.4. The van der Waals surface area contributed by atoms with E-state index < -0.39 is 5.60 Å². The van der Waals surface area contributed by atoms with Gasteiger partial charge in [0.25, 0.3) is 0 Å². The molecule has 0 aromatic carbocycles. The lowest BCUT2D eigenvalue weighted by Crippen LogP contribution is -2.51. The Hall–Kier alpha value is -0.380. The Balaban J connectivity index is 2.15. The lowest BCUT2D eigenvalue weighted by Gasteiger charge is -2.49. The Morgan fingerprint density at radius 3 is 2.73 bits per heavy atom. The van der Waals surface area contributed by atoms with Gasteiger partial charge in [-0.3, -0.25) is 0 Å². The van der Waals surface area contributed by atoms with Gasteiger partial charge in [0.05, 0.1) is 18.8 Å². The van der Waals surface area contributed by atoms with Crippen molar-refractivity contribution >= 4 is 0 Å². The molecule has 22 heavy (non-hydrogen) atoms. The topological polar surface area (TPSA) is 38.7 Å². The molecule has 0 radical (unpaired) electrons. The average molecular weight is 310 g/mol. The van der Waals surface area contributed by atoms with Gasteiger partial charge in [-0.2, -0.15) is 0 Å². The molecule has 3 nitrogen and oxygen atoms in total. The second-order valence-corrected chi connectivity index (χ2v) is 7.88. The molecule has 0 spiro atoms. The first-order valence-corrected chi connectivity index (χ1v) is 8.96. The van der Waals surface area contributed by atoms with Gasteiger partial charge in [-0.25, -0.2) is 0 Å². The van der Waals surface area contributed by atoms with Crippen LogP contribution in [-0.2, 0) is 9.47 Å². The van der Waals surface area contributed by atoms with E-state index in [4.69, 9.17) is 9.47 Å². The zero-order valence-electron chi connectivity index (χ0n) is 14.6. The molecule has 0 unspecified atom stereocenters. The summed E-state index contributed by atoms with van der Waals surface area (Å²) in [4.78, 5) is 0. The molecule has 1 heterocycles. The fraction of sp³-hybridized carbons (Fsp3) is 0.895.